The van der Waals surface area contributed by atoms with Crippen LogP contribution in [0.5, 0.6) is 92.0 Å². The molecule has 17 rings (SSSR count). The molecule has 15 aromatic rings. The fraction of sp³-hybridized carbons (Fsp3) is 0. The van der Waals surface area contributed by atoms with Gasteiger partial charge >= 0.3 is 19.5 Å². The van der Waals surface area contributed by atoms with Gasteiger partial charge < -0.3 is 67.8 Å². The molecule has 0 aliphatic carbocycles. The second kappa shape index (κ2) is 27.4. The van der Waals surface area contributed by atoms with Gasteiger partial charge in [-0.3, -0.25) is 0 Å². The van der Waals surface area contributed by atoms with Gasteiger partial charge in [0.1, 0.15) is 46.0 Å². The van der Waals surface area contributed by atoms with E-state index < -0.39 is 182 Å². The molecule has 0 saturated carbocycles. The summed E-state index contributed by atoms with van der Waals surface area (Å²) in [5.41, 5.74) is -7.25. The number of para-hydroxylation sites is 8. The van der Waals surface area contributed by atoms with Crippen molar-refractivity contribution < 1.29 is 92.5 Å². The van der Waals surface area contributed by atoms with Crippen LogP contribution >= 0.6 is 0 Å². The Morgan fingerprint density at radius 3 is 0.486 bits per heavy atom. The van der Waals surface area contributed by atoms with Crippen molar-refractivity contribution in [3.05, 3.63) is 289 Å². The summed E-state index contributed by atoms with van der Waals surface area (Å²) in [4.78, 5) is 36.7. The van der Waals surface area contributed by atoms with E-state index >= 15 is 35.1 Å². The molecule has 0 fully saturated rings. The second-order valence-electron chi connectivity index (χ2n) is 22.9. The van der Waals surface area contributed by atoms with Crippen LogP contribution in [0.25, 0.3) is 89.7 Å². The van der Waals surface area contributed by atoms with Gasteiger partial charge in [-0.25, -0.2) is 45.1 Å². The van der Waals surface area contributed by atoms with Gasteiger partial charge in [0.2, 0.25) is 46.0 Å². The van der Waals surface area contributed by atoms with Crippen LogP contribution in [-0.2, 0) is 19.5 Å². The smallest absolute Gasteiger partial charge is 0.450 e. The van der Waals surface area contributed by atoms with E-state index in [4.69, 9.17) is 37.9 Å². The van der Waals surface area contributed by atoms with Gasteiger partial charge in [0.05, 0.1) is 45.6 Å². The van der Waals surface area contributed by atoms with Crippen molar-refractivity contribution in [3.63, 3.8) is 0 Å². The first-order chi connectivity index (χ1) is 50.9. The fourth-order valence-corrected chi connectivity index (χ4v) is 11.7. The molecule has 2 aliphatic rings. The molecule has 506 valence electrons. The summed E-state index contributed by atoms with van der Waals surface area (Å²) in [6.45, 7) is 0. The molecule has 105 heavy (non-hydrogen) atoms. The number of hydrogen-bond acceptors (Lipinski definition) is 14. The van der Waals surface area contributed by atoms with Crippen LogP contribution in [0.2, 0.25) is 0 Å². The Hall–Kier alpha value is -13.5. The topological polar surface area (TPSA) is 179 Å². The number of halogens is 8. The molecule has 0 atom stereocenters. The maximum Gasteiger partial charge on any atom is 2.00 e. The Kier molecular flexibility index (Phi) is 17.3. The largest absolute Gasteiger partial charge is 2.00 e. The Morgan fingerprint density at radius 1 is 0.190 bits per heavy atom. The van der Waals surface area contributed by atoms with Crippen molar-refractivity contribution in [1.29, 1.82) is 0 Å². The van der Waals surface area contributed by atoms with Gasteiger partial charge in [0, 0.05) is 44.1 Å². The third kappa shape index (κ3) is 12.0. The van der Waals surface area contributed by atoms with E-state index in [1.165, 1.54) is 97.1 Å². The number of benzene rings is 12. The van der Waals surface area contributed by atoms with Crippen LogP contribution < -0.4 is 47.9 Å². The molecular formula is C80H40F8N8O8Zn. The molecule has 8 bridgehead atoms. The van der Waals surface area contributed by atoms with Crippen molar-refractivity contribution in [2.24, 2.45) is 0 Å². The van der Waals surface area contributed by atoms with Gasteiger partial charge in [-0.2, -0.15) is 0 Å². The number of aromatic nitrogens is 8. The van der Waals surface area contributed by atoms with Crippen LogP contribution in [0.4, 0.5) is 35.1 Å². The first-order valence-corrected chi connectivity index (χ1v) is 31.6. The van der Waals surface area contributed by atoms with E-state index in [-0.39, 0.29) is 65.5 Å². The third-order valence-corrected chi connectivity index (χ3v) is 16.4. The molecule has 0 spiro atoms. The fourth-order valence-electron chi connectivity index (χ4n) is 11.7. The second-order valence-corrected chi connectivity index (χ2v) is 22.9. The van der Waals surface area contributed by atoms with Crippen molar-refractivity contribution in [3.8, 4) is 138 Å². The minimum atomic E-state index is -1.46. The summed E-state index contributed by atoms with van der Waals surface area (Å²) in [5, 5.41) is -3.61. The molecule has 0 amide bonds. The molecule has 0 unspecified atom stereocenters. The van der Waals surface area contributed by atoms with Crippen molar-refractivity contribution in [2.45, 2.75) is 0 Å². The Bertz CT molecular complexity index is 5360. The molecule has 2 aliphatic heterocycles. The monoisotopic (exact) mass is 1460 g/mol. The van der Waals surface area contributed by atoms with Crippen LogP contribution in [-0.4, -0.2) is 29.9 Å². The van der Waals surface area contributed by atoms with Crippen LogP contribution in [0, 0.1) is 46.5 Å². The van der Waals surface area contributed by atoms with E-state index in [0.29, 0.717) is 0 Å². The quantitative estimate of drug-likeness (QED) is 0.0658. The molecule has 25 heteroatoms. The van der Waals surface area contributed by atoms with Gasteiger partial charge in [0.25, 0.3) is 0 Å². The van der Waals surface area contributed by atoms with Crippen LogP contribution in [0.15, 0.2) is 243 Å². The van der Waals surface area contributed by atoms with E-state index in [9.17, 15) is 0 Å². The maximum absolute atomic E-state index is 18.7. The van der Waals surface area contributed by atoms with Crippen LogP contribution in [0.3, 0.4) is 0 Å². The predicted octanol–water partition coefficient (Wildman–Crippen LogP) is 21.6. The predicted molar refractivity (Wildman–Crippen MR) is 366 cm³/mol. The number of hydrogen-bond donors (Lipinski definition) is 0. The molecule has 5 heterocycles. The Morgan fingerprint density at radius 2 is 0.333 bits per heavy atom. The average Bonchev–Trinajstić information content (AvgIpc) is 1.58. The van der Waals surface area contributed by atoms with Crippen molar-refractivity contribution in [2.75, 3.05) is 0 Å². The normalized spacial score (nSPS) is 11.4. The summed E-state index contributed by atoms with van der Waals surface area (Å²) in [6, 6.07) is 60.8. The number of fused-ring (bicyclic) bond motifs is 20. The van der Waals surface area contributed by atoms with E-state index in [1.807, 2.05) is 0 Å². The first-order valence-electron chi connectivity index (χ1n) is 31.6. The van der Waals surface area contributed by atoms with Crippen molar-refractivity contribution in [1.82, 2.24) is 39.9 Å². The van der Waals surface area contributed by atoms with Gasteiger partial charge in [-0.1, -0.05) is 146 Å². The summed E-state index contributed by atoms with van der Waals surface area (Å²) in [7, 11) is 0. The molecule has 3 aromatic heterocycles. The number of nitrogens with zero attached hydrogens (tertiary/aromatic N) is 8. The van der Waals surface area contributed by atoms with Gasteiger partial charge in [0.15, 0.2) is 46.5 Å². The zero-order valence-corrected chi connectivity index (χ0v) is 56.6. The van der Waals surface area contributed by atoms with Crippen molar-refractivity contribution >= 4 is 44.1 Å². The van der Waals surface area contributed by atoms with E-state index in [1.54, 1.807) is 146 Å². The molecule has 0 N–H and O–H groups in total. The van der Waals surface area contributed by atoms with E-state index in [2.05, 4.69) is 39.9 Å². The Labute approximate surface area is 600 Å². The zero-order valence-electron chi connectivity index (χ0n) is 53.7. The molecular weight excluding hydrogens is 1420 g/mol. The van der Waals surface area contributed by atoms with Gasteiger partial charge in [-0.05, 0) is 97.1 Å². The average molecular weight is 1460 g/mol. The summed E-state index contributed by atoms with van der Waals surface area (Å²) < 4.78 is 199. The first kappa shape index (κ1) is 66.0. The molecule has 0 radical (unpaired) electrons. The summed E-state index contributed by atoms with van der Waals surface area (Å²) in [5.74, 6) is -22.9. The Balaban J connectivity index is 0.00000847. The molecule has 0 saturated heterocycles. The summed E-state index contributed by atoms with van der Waals surface area (Å²) >= 11 is 0. The van der Waals surface area contributed by atoms with Gasteiger partial charge in [-0.15, -0.1) is 0 Å². The van der Waals surface area contributed by atoms with Crippen LogP contribution in [0.1, 0.15) is 0 Å². The minimum Gasteiger partial charge on any atom is -0.450 e. The SMILES string of the molecule is Fc1c(Oc2ccccc2)c(Oc2ccccc2)c(F)c2c1-c1nc-2nc2[n-]c(nc3nc(nc4[n-]c(n1)c1c(F)c(Oc5ccccc5)c(Oc5ccccc5)c(F)c41)-c1c(F)c(Oc4ccccc4)c(Oc4ccccc4)c(F)c1-3)c1c(F)c(Oc3ccccc3)c(Oc3ccccc3)c(F)c21.[Zn+2]. The molecule has 12 aromatic carbocycles. The third-order valence-electron chi connectivity index (χ3n) is 16.4. The molecule has 16 nitrogen and oxygen atoms in total. The number of rotatable bonds is 16. The maximum atomic E-state index is 18.7. The summed E-state index contributed by atoms with van der Waals surface area (Å²) in [6.07, 6.45) is 0. The number of ether oxygens (including phenoxy) is 8. The van der Waals surface area contributed by atoms with E-state index in [0.717, 1.165) is 0 Å². The minimum absolute atomic E-state index is 0. The standard InChI is InChI=1S/C80H40F8N8O8.Zn/c81-57-49-50(58(82)66(98-42-27-11-2-12-28-42)65(57)97-41-25-9-1-10-26-41)74-89-73(49)93-75-51-52(60(84)68(100-44-31-15-4-16-32-44)67(59(51)83)99-43-29-13-3-14-30-43)77(90-75)95-79-55-56(64(88)72(104-48-39-23-8-24-40-48)71(63(55)87)103-47-37-21-7-22-38-47)80(92-79)96-78-54-53(76(91-78)94-74)61(85)69(101-45-33-17-5-18-34-45)70(62(54)86)102-46-35-19-6-20-36-46;/h1-40H;/q-2;+2. The zero-order chi connectivity index (χ0) is 70.7.